The summed E-state index contributed by atoms with van der Waals surface area (Å²) in [6.07, 6.45) is 20.0. The summed E-state index contributed by atoms with van der Waals surface area (Å²) < 4.78 is 5.13. The third-order valence-electron chi connectivity index (χ3n) is 5.04. The molecule has 0 unspecified atom stereocenters. The Hall–Kier alpha value is -1.59. The van der Waals surface area contributed by atoms with Crippen molar-refractivity contribution in [2.45, 2.75) is 96.8 Å². The van der Waals surface area contributed by atoms with E-state index in [4.69, 9.17) is 27.9 Å². The summed E-state index contributed by atoms with van der Waals surface area (Å²) in [5.41, 5.74) is -0.407. The number of hydrogen-bond acceptors (Lipinski definition) is 4. The Morgan fingerprint density at radius 2 is 1.48 bits per heavy atom. The number of carbonyl (C=O) groups is 1. The zero-order valence-corrected chi connectivity index (χ0v) is 20.1. The molecule has 0 N–H and O–H groups in total. The number of benzene rings is 1. The lowest BCUT2D eigenvalue weighted by Gasteiger charge is -2.07. The van der Waals surface area contributed by atoms with Crippen molar-refractivity contribution < 1.29 is 14.5 Å². The zero-order valence-electron chi connectivity index (χ0n) is 18.5. The number of esters is 1. The summed E-state index contributed by atoms with van der Waals surface area (Å²) in [4.78, 5) is 22.5. The van der Waals surface area contributed by atoms with Crippen LogP contribution in [0.4, 0.5) is 5.69 Å². The molecule has 5 nitrogen and oxygen atoms in total. The summed E-state index contributed by atoms with van der Waals surface area (Å²) >= 11 is 11.7. The van der Waals surface area contributed by atoms with E-state index in [9.17, 15) is 14.9 Å². The Balaban J connectivity index is 2.09. The van der Waals surface area contributed by atoms with Gasteiger partial charge in [0, 0.05) is 17.5 Å². The van der Waals surface area contributed by atoms with E-state index in [1.165, 1.54) is 51.0 Å². The second-order valence-electron chi connectivity index (χ2n) is 7.80. The topological polar surface area (TPSA) is 69.4 Å². The molecule has 0 aromatic heterocycles. The van der Waals surface area contributed by atoms with E-state index in [-0.39, 0.29) is 22.2 Å². The number of hydrogen-bond donors (Lipinski definition) is 0. The average Bonchev–Trinajstić information content (AvgIpc) is 2.72. The lowest BCUT2D eigenvalue weighted by atomic mass is 10.1. The Labute approximate surface area is 196 Å². The summed E-state index contributed by atoms with van der Waals surface area (Å²) in [7, 11) is 0. The fourth-order valence-corrected chi connectivity index (χ4v) is 3.81. The Morgan fingerprint density at radius 1 is 0.935 bits per heavy atom. The molecule has 1 aromatic rings. The lowest BCUT2D eigenvalue weighted by molar-refractivity contribution is -0.385. The normalized spacial score (nSPS) is 11.2. The van der Waals surface area contributed by atoms with Crippen LogP contribution in [0.1, 0.15) is 96.8 Å². The fourth-order valence-electron chi connectivity index (χ4n) is 3.29. The van der Waals surface area contributed by atoms with Crippen LogP contribution in [0.15, 0.2) is 24.3 Å². The first kappa shape index (κ1) is 27.4. The highest BCUT2D eigenvalue weighted by Crippen LogP contribution is 2.38. The van der Waals surface area contributed by atoms with Gasteiger partial charge in [-0.3, -0.25) is 14.9 Å². The number of unbranched alkanes of at least 4 members (excludes halogenated alkanes) is 11. The second kappa shape index (κ2) is 17.0. The van der Waals surface area contributed by atoms with Gasteiger partial charge in [-0.1, -0.05) is 93.6 Å². The number of carbonyl (C=O) groups excluding carboxylic acids is 1. The van der Waals surface area contributed by atoms with Crippen LogP contribution in [0.5, 0.6) is 5.75 Å². The predicted octanol–water partition coefficient (Wildman–Crippen LogP) is 8.84. The molecule has 0 atom stereocenters. The average molecular weight is 472 g/mol. The van der Waals surface area contributed by atoms with E-state index in [0.29, 0.717) is 6.42 Å². The zero-order chi connectivity index (χ0) is 22.9. The van der Waals surface area contributed by atoms with Crippen LogP contribution in [-0.2, 0) is 4.79 Å². The highest BCUT2D eigenvalue weighted by Gasteiger charge is 2.22. The monoisotopic (exact) mass is 471 g/mol. The molecule has 0 radical (unpaired) electrons. The van der Waals surface area contributed by atoms with Gasteiger partial charge in [-0.2, -0.15) is 0 Å². The van der Waals surface area contributed by atoms with E-state index in [2.05, 4.69) is 19.1 Å². The molecule has 0 fully saturated rings. The van der Waals surface area contributed by atoms with Gasteiger partial charge in [0.25, 0.3) is 0 Å². The minimum atomic E-state index is -0.664. The maximum Gasteiger partial charge on any atom is 0.314 e. The number of nitro benzene ring substituents is 1. The van der Waals surface area contributed by atoms with Gasteiger partial charge in [0.1, 0.15) is 0 Å². The molecule has 0 saturated carbocycles. The van der Waals surface area contributed by atoms with Gasteiger partial charge in [0.05, 0.1) is 9.95 Å². The van der Waals surface area contributed by atoms with Crippen LogP contribution in [-0.4, -0.2) is 10.9 Å². The Morgan fingerprint density at radius 3 is 2.06 bits per heavy atom. The third kappa shape index (κ3) is 12.8. The number of nitrogens with zero attached hydrogens (tertiary/aromatic N) is 1. The quantitative estimate of drug-likeness (QED) is 0.0567. The van der Waals surface area contributed by atoms with Crippen molar-refractivity contribution in [3.05, 3.63) is 44.4 Å². The highest BCUT2D eigenvalue weighted by molar-refractivity contribution is 6.36. The number of nitro groups is 1. The smallest absolute Gasteiger partial charge is 0.314 e. The molecule has 1 rings (SSSR count). The van der Waals surface area contributed by atoms with E-state index in [1.807, 2.05) is 0 Å². The molecule has 0 spiro atoms. The van der Waals surface area contributed by atoms with Gasteiger partial charge in [-0.25, -0.2) is 0 Å². The van der Waals surface area contributed by atoms with Crippen LogP contribution >= 0.6 is 23.2 Å². The van der Waals surface area contributed by atoms with E-state index >= 15 is 0 Å². The SMILES string of the molecule is CCCCCCCCC=CCCCCCCCC(=O)Oc1c(Cl)cc(Cl)cc1[N+](=O)[O-]. The largest absolute Gasteiger partial charge is 0.417 e. The van der Waals surface area contributed by atoms with Crippen molar-refractivity contribution in [3.8, 4) is 5.75 Å². The van der Waals surface area contributed by atoms with Crippen molar-refractivity contribution in [1.29, 1.82) is 0 Å². The van der Waals surface area contributed by atoms with Gasteiger partial charge in [0.2, 0.25) is 5.75 Å². The Bertz CT molecular complexity index is 707. The molecular formula is C24H35Cl2NO4. The molecule has 7 heteroatoms. The minimum Gasteiger partial charge on any atom is -0.417 e. The molecule has 0 aliphatic rings. The number of rotatable bonds is 17. The van der Waals surface area contributed by atoms with Gasteiger partial charge < -0.3 is 4.74 Å². The minimum absolute atomic E-state index is 0.0444. The molecule has 0 aliphatic carbocycles. The van der Waals surface area contributed by atoms with Crippen molar-refractivity contribution in [3.63, 3.8) is 0 Å². The van der Waals surface area contributed by atoms with Gasteiger partial charge in [-0.15, -0.1) is 0 Å². The number of ether oxygens (including phenoxy) is 1. The van der Waals surface area contributed by atoms with Crippen molar-refractivity contribution >= 4 is 34.9 Å². The van der Waals surface area contributed by atoms with Crippen LogP contribution < -0.4 is 4.74 Å². The fraction of sp³-hybridized carbons (Fsp3) is 0.625. The van der Waals surface area contributed by atoms with Crippen LogP contribution in [0.25, 0.3) is 0 Å². The summed E-state index contributed by atoms with van der Waals surface area (Å²) in [6.45, 7) is 2.24. The van der Waals surface area contributed by atoms with Crippen LogP contribution in [0.2, 0.25) is 10.0 Å². The van der Waals surface area contributed by atoms with E-state index < -0.39 is 16.6 Å². The molecular weight excluding hydrogens is 437 g/mol. The molecule has 1 aromatic carbocycles. The van der Waals surface area contributed by atoms with Gasteiger partial charge in [-0.05, 0) is 38.2 Å². The lowest BCUT2D eigenvalue weighted by Crippen LogP contribution is -2.09. The van der Waals surface area contributed by atoms with E-state index in [1.54, 1.807) is 0 Å². The van der Waals surface area contributed by atoms with E-state index in [0.717, 1.165) is 38.2 Å². The van der Waals surface area contributed by atoms with Crippen molar-refractivity contribution in [1.82, 2.24) is 0 Å². The maximum atomic E-state index is 12.0. The molecule has 0 amide bonds. The Kier molecular flexibility index (Phi) is 15.1. The maximum absolute atomic E-state index is 12.0. The second-order valence-corrected chi connectivity index (χ2v) is 8.64. The summed E-state index contributed by atoms with van der Waals surface area (Å²) in [5, 5.41) is 11.2. The van der Waals surface area contributed by atoms with Gasteiger partial charge >= 0.3 is 11.7 Å². The highest BCUT2D eigenvalue weighted by atomic mass is 35.5. The molecule has 0 heterocycles. The van der Waals surface area contributed by atoms with Crippen molar-refractivity contribution in [2.75, 3.05) is 0 Å². The molecule has 174 valence electrons. The molecule has 0 saturated heterocycles. The number of allylic oxidation sites excluding steroid dienone is 2. The predicted molar refractivity (Wildman–Crippen MR) is 128 cm³/mol. The first-order valence-electron chi connectivity index (χ1n) is 11.4. The van der Waals surface area contributed by atoms with Gasteiger partial charge in [0.15, 0.2) is 0 Å². The summed E-state index contributed by atoms with van der Waals surface area (Å²) in [6, 6.07) is 2.44. The number of halogens is 2. The standard InChI is InChI=1S/C24H35Cl2NO4/c1-2-3-4-5-6-7-8-9-10-11-12-13-14-15-16-17-23(28)31-24-21(26)18-20(25)19-22(24)27(29)30/h9-10,18-19H,2-8,11-17H2,1H3. The van der Waals surface area contributed by atoms with Crippen molar-refractivity contribution in [2.24, 2.45) is 0 Å². The van der Waals surface area contributed by atoms with Crippen LogP contribution in [0.3, 0.4) is 0 Å². The molecule has 0 aliphatic heterocycles. The first-order valence-corrected chi connectivity index (χ1v) is 12.2. The van der Waals surface area contributed by atoms with Crippen LogP contribution in [0, 0.1) is 10.1 Å². The summed E-state index contributed by atoms with van der Waals surface area (Å²) in [5.74, 6) is -0.765. The third-order valence-corrected chi connectivity index (χ3v) is 5.54. The molecule has 31 heavy (non-hydrogen) atoms. The molecule has 0 bridgehead atoms. The first-order chi connectivity index (χ1) is 15.0.